The van der Waals surface area contributed by atoms with Crippen molar-refractivity contribution in [3.8, 4) is 5.88 Å². The fraction of sp³-hybridized carbons (Fsp3) is 0.773. The third-order valence-electron chi connectivity index (χ3n) is 4.73. The van der Waals surface area contributed by atoms with Crippen LogP contribution in [0.25, 0.3) is 5.57 Å². The second-order valence-corrected chi connectivity index (χ2v) is 9.19. The van der Waals surface area contributed by atoms with Gasteiger partial charge in [0, 0.05) is 12.0 Å². The van der Waals surface area contributed by atoms with Crippen molar-refractivity contribution in [2.24, 2.45) is 5.41 Å². The van der Waals surface area contributed by atoms with E-state index in [1.807, 2.05) is 34.6 Å². The molecule has 0 radical (unpaired) electrons. The van der Waals surface area contributed by atoms with Crippen LogP contribution in [-0.4, -0.2) is 52.7 Å². The first kappa shape index (κ1) is 25.6. The predicted molar refractivity (Wildman–Crippen MR) is 120 cm³/mol. The molecule has 0 saturated heterocycles. The molecule has 1 aromatic heterocycles. The maximum absolute atomic E-state index is 12.1. The molecule has 0 saturated carbocycles. The van der Waals surface area contributed by atoms with E-state index >= 15 is 0 Å². The Morgan fingerprint density at radius 1 is 1.21 bits per heavy atom. The standard InChI is InChI=1S/C20H34N3O3S.C2H6/c1-6-7-8-9-13-25-18-17(21-27-22-18)16-11-10-12-23(5,14-16)15-26-19(24)20(2,3)4;1-2/h11H,6-10,12-15H2,1-5H3;1-2H3/q+1;. The highest BCUT2D eigenvalue weighted by Gasteiger charge is 2.33. The molecule has 0 N–H and O–H groups in total. The van der Waals surface area contributed by atoms with Crippen LogP contribution in [-0.2, 0) is 9.53 Å². The summed E-state index contributed by atoms with van der Waals surface area (Å²) in [6.45, 7) is 14.6. The highest BCUT2D eigenvalue weighted by atomic mass is 32.1. The molecule has 1 aliphatic rings. The minimum absolute atomic E-state index is 0.163. The van der Waals surface area contributed by atoms with Gasteiger partial charge in [-0.1, -0.05) is 46.1 Å². The number of quaternary nitrogens is 1. The zero-order chi connectivity index (χ0) is 21.9. The minimum atomic E-state index is -0.481. The molecule has 0 amide bonds. The van der Waals surface area contributed by atoms with E-state index in [0.717, 1.165) is 37.2 Å². The summed E-state index contributed by atoms with van der Waals surface area (Å²) >= 11 is 1.19. The van der Waals surface area contributed by atoms with Crippen molar-refractivity contribution in [2.75, 3.05) is 33.5 Å². The van der Waals surface area contributed by atoms with E-state index in [9.17, 15) is 4.79 Å². The van der Waals surface area contributed by atoms with Crippen LogP contribution in [0.4, 0.5) is 0 Å². The zero-order valence-electron chi connectivity index (χ0n) is 19.4. The predicted octanol–water partition coefficient (Wildman–Crippen LogP) is 5.30. The van der Waals surface area contributed by atoms with Crippen molar-refractivity contribution >= 4 is 23.3 Å². The van der Waals surface area contributed by atoms with E-state index in [4.69, 9.17) is 9.47 Å². The summed E-state index contributed by atoms with van der Waals surface area (Å²) in [7, 11) is 2.12. The third-order valence-corrected chi connectivity index (χ3v) is 5.24. The van der Waals surface area contributed by atoms with Crippen molar-refractivity contribution in [3.63, 3.8) is 0 Å². The maximum atomic E-state index is 12.1. The molecule has 2 rings (SSSR count). The lowest BCUT2D eigenvalue weighted by Crippen LogP contribution is -2.50. The maximum Gasteiger partial charge on any atom is 0.315 e. The van der Waals surface area contributed by atoms with Gasteiger partial charge >= 0.3 is 5.97 Å². The van der Waals surface area contributed by atoms with Gasteiger partial charge in [-0.3, -0.25) is 9.28 Å². The van der Waals surface area contributed by atoms with E-state index in [0.29, 0.717) is 23.7 Å². The number of carbonyl (C=O) groups is 1. The number of nitrogens with zero attached hydrogens (tertiary/aromatic N) is 3. The van der Waals surface area contributed by atoms with Gasteiger partial charge in [0.1, 0.15) is 12.2 Å². The fourth-order valence-electron chi connectivity index (χ4n) is 2.99. The molecule has 0 fully saturated rings. The van der Waals surface area contributed by atoms with Crippen LogP contribution in [0.3, 0.4) is 0 Å². The van der Waals surface area contributed by atoms with E-state index < -0.39 is 5.41 Å². The summed E-state index contributed by atoms with van der Waals surface area (Å²) in [5.74, 6) is 0.479. The van der Waals surface area contributed by atoms with Crippen LogP contribution in [0.1, 0.15) is 79.3 Å². The zero-order valence-corrected chi connectivity index (χ0v) is 20.2. The van der Waals surface area contributed by atoms with Gasteiger partial charge in [-0.25, -0.2) is 0 Å². The highest BCUT2D eigenvalue weighted by molar-refractivity contribution is 6.99. The second-order valence-electron chi connectivity index (χ2n) is 8.66. The van der Waals surface area contributed by atoms with Gasteiger partial charge in [0.2, 0.25) is 6.73 Å². The Bertz CT molecular complexity index is 652. The molecule has 1 atom stereocenters. The van der Waals surface area contributed by atoms with Gasteiger partial charge in [0.15, 0.2) is 0 Å². The SMILES string of the molecule is CC.CCCCCCOc1nsnc1C1=CCC[N+](C)(COC(=O)C(C)(C)C)C1. The molecule has 29 heavy (non-hydrogen) atoms. The first-order chi connectivity index (χ1) is 13.7. The number of carbonyl (C=O) groups excluding carboxylic acids is 1. The fourth-order valence-corrected chi connectivity index (χ4v) is 3.52. The Morgan fingerprint density at radius 2 is 1.93 bits per heavy atom. The summed E-state index contributed by atoms with van der Waals surface area (Å²) in [5.41, 5.74) is 1.50. The average molecular weight is 427 g/mol. The van der Waals surface area contributed by atoms with Crippen LogP contribution < -0.4 is 4.74 Å². The van der Waals surface area contributed by atoms with Crippen LogP contribution in [0.15, 0.2) is 6.08 Å². The Morgan fingerprint density at radius 3 is 2.59 bits per heavy atom. The molecular formula is C22H40N3O3S+. The second kappa shape index (κ2) is 12.3. The molecule has 1 unspecified atom stereocenters. The van der Waals surface area contributed by atoms with Crippen LogP contribution in [0.2, 0.25) is 0 Å². The van der Waals surface area contributed by atoms with Crippen molar-refractivity contribution in [3.05, 3.63) is 11.8 Å². The van der Waals surface area contributed by atoms with Gasteiger partial charge in [-0.15, -0.1) is 4.37 Å². The van der Waals surface area contributed by atoms with Crippen LogP contribution >= 0.6 is 11.7 Å². The molecule has 0 spiro atoms. The Balaban J connectivity index is 0.00000204. The van der Waals surface area contributed by atoms with Gasteiger partial charge in [-0.2, -0.15) is 4.37 Å². The number of likely N-dealkylation sites (N-methyl/N-ethyl adjacent to an activating group) is 1. The van der Waals surface area contributed by atoms with Gasteiger partial charge in [0.05, 0.1) is 37.3 Å². The molecule has 7 heteroatoms. The number of esters is 1. The van der Waals surface area contributed by atoms with Gasteiger partial charge < -0.3 is 9.47 Å². The van der Waals surface area contributed by atoms with E-state index in [1.54, 1.807) is 0 Å². The molecule has 0 bridgehead atoms. The lowest BCUT2D eigenvalue weighted by atomic mass is 9.97. The lowest BCUT2D eigenvalue weighted by molar-refractivity contribution is -0.919. The Hall–Kier alpha value is -1.47. The monoisotopic (exact) mass is 426 g/mol. The third kappa shape index (κ3) is 8.42. The Labute approximate surface area is 181 Å². The number of unbranched alkanes of at least 4 members (excludes halogenated alkanes) is 3. The minimum Gasteiger partial charge on any atom is -0.475 e. The summed E-state index contributed by atoms with van der Waals surface area (Å²) in [6, 6.07) is 0. The van der Waals surface area contributed by atoms with Crippen molar-refractivity contribution in [1.29, 1.82) is 0 Å². The smallest absolute Gasteiger partial charge is 0.315 e. The number of ether oxygens (including phenoxy) is 2. The lowest BCUT2D eigenvalue weighted by Gasteiger charge is -2.37. The van der Waals surface area contributed by atoms with E-state index in [-0.39, 0.29) is 5.97 Å². The van der Waals surface area contributed by atoms with Crippen LogP contribution in [0, 0.1) is 5.41 Å². The molecule has 6 nitrogen and oxygen atoms in total. The average Bonchev–Trinajstić information content (AvgIpc) is 3.15. The van der Waals surface area contributed by atoms with Gasteiger partial charge in [0.25, 0.3) is 5.88 Å². The molecule has 1 aromatic rings. The number of aromatic nitrogens is 2. The van der Waals surface area contributed by atoms with Crippen molar-refractivity contribution in [1.82, 2.24) is 8.75 Å². The number of hydrogen-bond acceptors (Lipinski definition) is 6. The summed E-state index contributed by atoms with van der Waals surface area (Å²) in [6.07, 6.45) is 7.81. The molecule has 0 aliphatic carbocycles. The van der Waals surface area contributed by atoms with Gasteiger partial charge in [-0.05, 0) is 27.2 Å². The molecular weight excluding hydrogens is 386 g/mol. The molecule has 166 valence electrons. The normalized spacial score (nSPS) is 19.1. The highest BCUT2D eigenvalue weighted by Crippen LogP contribution is 2.30. The molecule has 0 aromatic carbocycles. The van der Waals surface area contributed by atoms with E-state index in [1.165, 1.54) is 31.0 Å². The number of rotatable bonds is 9. The van der Waals surface area contributed by atoms with Crippen molar-refractivity contribution in [2.45, 2.75) is 73.6 Å². The molecule has 2 heterocycles. The largest absolute Gasteiger partial charge is 0.475 e. The first-order valence-corrected chi connectivity index (χ1v) is 11.6. The van der Waals surface area contributed by atoms with E-state index in [2.05, 4.69) is 28.8 Å². The molecule has 1 aliphatic heterocycles. The summed E-state index contributed by atoms with van der Waals surface area (Å²) in [5, 5.41) is 0. The number of hydrogen-bond donors (Lipinski definition) is 0. The summed E-state index contributed by atoms with van der Waals surface area (Å²) in [4.78, 5) is 12.1. The quantitative estimate of drug-likeness (QED) is 0.304. The topological polar surface area (TPSA) is 61.3 Å². The summed E-state index contributed by atoms with van der Waals surface area (Å²) < 4.78 is 20.9. The first-order valence-electron chi connectivity index (χ1n) is 10.9. The van der Waals surface area contributed by atoms with Crippen molar-refractivity contribution < 1.29 is 18.8 Å². The van der Waals surface area contributed by atoms with Crippen LogP contribution in [0.5, 0.6) is 5.88 Å². The Kier molecular flexibility index (Phi) is 10.8.